The van der Waals surface area contributed by atoms with Crippen LogP contribution >= 0.6 is 0 Å². The number of piperidine rings is 1. The van der Waals surface area contributed by atoms with Gasteiger partial charge in [-0.3, -0.25) is 4.79 Å². The number of aryl methyl sites for hydroxylation is 1. The van der Waals surface area contributed by atoms with Crippen LogP contribution in [0.2, 0.25) is 0 Å². The Bertz CT molecular complexity index is 506. The van der Waals surface area contributed by atoms with Gasteiger partial charge in [0, 0.05) is 40.1 Å². The number of likely N-dealkylation sites (tertiary alicyclic amines) is 1. The molecule has 3 heterocycles. The van der Waals surface area contributed by atoms with Crippen LogP contribution in [0.25, 0.3) is 0 Å². The Labute approximate surface area is 125 Å². The number of nitrogens with zero attached hydrogens (tertiary/aromatic N) is 3. The molecule has 0 saturated carbocycles. The van der Waals surface area contributed by atoms with Crippen molar-refractivity contribution in [3.05, 3.63) is 18.2 Å². The van der Waals surface area contributed by atoms with Crippen molar-refractivity contribution < 1.29 is 14.3 Å². The van der Waals surface area contributed by atoms with E-state index < -0.39 is 0 Å². The molecule has 1 aromatic rings. The number of hydrogen-bond donors (Lipinski definition) is 0. The third kappa shape index (κ3) is 2.70. The highest BCUT2D eigenvalue weighted by molar-refractivity contribution is 5.92. The van der Waals surface area contributed by atoms with E-state index in [-0.39, 0.29) is 17.6 Å². The molecule has 1 spiro atoms. The van der Waals surface area contributed by atoms with Gasteiger partial charge in [0.15, 0.2) is 0 Å². The van der Waals surface area contributed by atoms with Crippen molar-refractivity contribution in [1.29, 1.82) is 0 Å². The molecule has 2 fully saturated rings. The first-order valence-electron chi connectivity index (χ1n) is 7.59. The average molecular weight is 293 g/mol. The smallest absolute Gasteiger partial charge is 0.274 e. The van der Waals surface area contributed by atoms with Crippen molar-refractivity contribution in [1.82, 2.24) is 14.5 Å². The van der Waals surface area contributed by atoms with Crippen LogP contribution in [0, 0.1) is 0 Å². The van der Waals surface area contributed by atoms with Gasteiger partial charge in [-0.25, -0.2) is 4.98 Å². The van der Waals surface area contributed by atoms with Crippen LogP contribution in [0.3, 0.4) is 0 Å². The summed E-state index contributed by atoms with van der Waals surface area (Å²) in [4.78, 5) is 18.4. The monoisotopic (exact) mass is 293 g/mol. The molecule has 1 atom stereocenters. The molecule has 2 aliphatic heterocycles. The predicted octanol–water partition coefficient (Wildman–Crippen LogP) is 1.22. The third-order valence-electron chi connectivity index (χ3n) is 4.69. The zero-order valence-electron chi connectivity index (χ0n) is 12.7. The number of carbonyl (C=O) groups excluding carboxylic acids is 1. The van der Waals surface area contributed by atoms with E-state index in [2.05, 4.69) is 4.98 Å². The Morgan fingerprint density at radius 2 is 2.24 bits per heavy atom. The van der Waals surface area contributed by atoms with Crippen molar-refractivity contribution in [3.63, 3.8) is 0 Å². The Kier molecular flexibility index (Phi) is 3.99. The topological polar surface area (TPSA) is 56.6 Å². The van der Waals surface area contributed by atoms with Gasteiger partial charge in [0.25, 0.3) is 5.91 Å². The number of carbonyl (C=O) groups is 1. The number of hydrogen-bond acceptors (Lipinski definition) is 4. The first kappa shape index (κ1) is 14.5. The highest BCUT2D eigenvalue weighted by Gasteiger charge is 2.45. The lowest BCUT2D eigenvalue weighted by Gasteiger charge is -2.47. The van der Waals surface area contributed by atoms with Crippen molar-refractivity contribution in [2.75, 3.05) is 26.8 Å². The van der Waals surface area contributed by atoms with Gasteiger partial charge >= 0.3 is 0 Å². The van der Waals surface area contributed by atoms with Crippen LogP contribution in [0.5, 0.6) is 0 Å². The Morgan fingerprint density at radius 3 is 2.86 bits per heavy atom. The quantitative estimate of drug-likeness (QED) is 0.823. The number of ether oxygens (including phenoxy) is 2. The number of amides is 1. The molecule has 0 N–H and O–H groups in total. The van der Waals surface area contributed by atoms with E-state index in [9.17, 15) is 4.79 Å². The molecule has 0 aliphatic carbocycles. The first-order chi connectivity index (χ1) is 10.1. The molecule has 116 valence electrons. The minimum Gasteiger partial charge on any atom is -0.378 e. The summed E-state index contributed by atoms with van der Waals surface area (Å²) in [6.45, 7) is 2.21. The van der Waals surface area contributed by atoms with Crippen LogP contribution in [0.1, 0.15) is 36.2 Å². The highest BCUT2D eigenvalue weighted by Crippen LogP contribution is 2.36. The second-order valence-electron chi connectivity index (χ2n) is 6.00. The maximum Gasteiger partial charge on any atom is 0.274 e. The standard InChI is InChI=1S/C15H23N3O3/c1-17-10-12(16-11-17)14(19)18-7-5-15(6-8-18)13(20-2)4-3-9-21-15/h10-11,13H,3-9H2,1-2H3. The molecule has 21 heavy (non-hydrogen) atoms. The minimum atomic E-state index is -0.200. The summed E-state index contributed by atoms with van der Waals surface area (Å²) in [5.74, 6) is 0.00947. The van der Waals surface area contributed by atoms with Gasteiger partial charge in [0.2, 0.25) is 0 Å². The fraction of sp³-hybridized carbons (Fsp3) is 0.733. The van der Waals surface area contributed by atoms with Gasteiger partial charge in [0.05, 0.1) is 18.0 Å². The van der Waals surface area contributed by atoms with E-state index >= 15 is 0 Å². The van der Waals surface area contributed by atoms with Crippen molar-refractivity contribution in [2.45, 2.75) is 37.4 Å². The summed E-state index contributed by atoms with van der Waals surface area (Å²) >= 11 is 0. The zero-order valence-corrected chi connectivity index (χ0v) is 12.7. The lowest BCUT2D eigenvalue weighted by molar-refractivity contribution is -0.183. The predicted molar refractivity (Wildman–Crippen MR) is 77.1 cm³/mol. The number of imidazole rings is 1. The Morgan fingerprint density at radius 1 is 1.48 bits per heavy atom. The maximum atomic E-state index is 12.4. The molecule has 1 unspecified atom stereocenters. The summed E-state index contributed by atoms with van der Waals surface area (Å²) in [5, 5.41) is 0. The molecule has 2 aliphatic rings. The third-order valence-corrected chi connectivity index (χ3v) is 4.69. The fourth-order valence-corrected chi connectivity index (χ4v) is 3.47. The van der Waals surface area contributed by atoms with Crippen molar-refractivity contribution in [2.24, 2.45) is 7.05 Å². The molecule has 1 amide bonds. The number of methoxy groups -OCH3 is 1. The van der Waals surface area contributed by atoms with Crippen LogP contribution < -0.4 is 0 Å². The lowest BCUT2D eigenvalue weighted by Crippen LogP contribution is -2.56. The molecular weight excluding hydrogens is 270 g/mol. The largest absolute Gasteiger partial charge is 0.378 e. The average Bonchev–Trinajstić information content (AvgIpc) is 2.94. The van der Waals surface area contributed by atoms with Crippen LogP contribution in [-0.2, 0) is 16.5 Å². The number of aromatic nitrogens is 2. The molecule has 1 aromatic heterocycles. The lowest BCUT2D eigenvalue weighted by atomic mass is 9.82. The van der Waals surface area contributed by atoms with Crippen molar-refractivity contribution in [3.8, 4) is 0 Å². The molecule has 3 rings (SSSR count). The van der Waals surface area contributed by atoms with Gasteiger partial charge in [0.1, 0.15) is 5.69 Å². The van der Waals surface area contributed by atoms with Gasteiger partial charge in [-0.05, 0) is 25.7 Å². The summed E-state index contributed by atoms with van der Waals surface area (Å²) in [7, 11) is 3.63. The van der Waals surface area contributed by atoms with Crippen LogP contribution in [0.15, 0.2) is 12.5 Å². The van der Waals surface area contributed by atoms with Gasteiger partial charge in [-0.2, -0.15) is 0 Å². The van der Waals surface area contributed by atoms with E-state index in [4.69, 9.17) is 9.47 Å². The van der Waals surface area contributed by atoms with Gasteiger partial charge in [-0.15, -0.1) is 0 Å². The second-order valence-corrected chi connectivity index (χ2v) is 6.00. The summed E-state index contributed by atoms with van der Waals surface area (Å²) < 4.78 is 13.5. The highest BCUT2D eigenvalue weighted by atomic mass is 16.5. The molecule has 6 nitrogen and oxygen atoms in total. The molecule has 0 radical (unpaired) electrons. The zero-order chi connectivity index (χ0) is 14.9. The van der Waals surface area contributed by atoms with Crippen LogP contribution in [-0.4, -0.2) is 58.9 Å². The maximum absolute atomic E-state index is 12.4. The Hall–Kier alpha value is -1.40. The summed E-state index contributed by atoms with van der Waals surface area (Å²) in [6, 6.07) is 0. The van der Waals surface area contributed by atoms with Crippen LogP contribution in [0.4, 0.5) is 0 Å². The van der Waals surface area contributed by atoms with E-state index in [1.54, 1.807) is 24.2 Å². The molecular formula is C15H23N3O3. The van der Waals surface area contributed by atoms with E-state index in [0.717, 1.165) is 32.3 Å². The van der Waals surface area contributed by atoms with Gasteiger partial charge < -0.3 is 18.9 Å². The number of rotatable bonds is 2. The fourth-order valence-electron chi connectivity index (χ4n) is 3.47. The second kappa shape index (κ2) is 5.77. The van der Waals surface area contributed by atoms with E-state index in [0.29, 0.717) is 18.8 Å². The summed E-state index contributed by atoms with van der Waals surface area (Å²) in [6.07, 6.45) is 7.35. The SMILES string of the molecule is COC1CCCOC12CCN(C(=O)c1cn(C)cn1)CC2. The van der Waals surface area contributed by atoms with E-state index in [1.807, 2.05) is 11.9 Å². The molecule has 6 heteroatoms. The molecule has 2 saturated heterocycles. The minimum absolute atomic E-state index is 0.00947. The normalized spacial score (nSPS) is 25.2. The molecule has 0 bridgehead atoms. The molecule has 0 aromatic carbocycles. The van der Waals surface area contributed by atoms with Gasteiger partial charge in [-0.1, -0.05) is 0 Å². The summed E-state index contributed by atoms with van der Waals surface area (Å²) in [5.41, 5.74) is 0.315. The Balaban J connectivity index is 1.65. The van der Waals surface area contributed by atoms with E-state index in [1.165, 1.54) is 0 Å². The first-order valence-corrected chi connectivity index (χ1v) is 7.59. The van der Waals surface area contributed by atoms with Crippen molar-refractivity contribution >= 4 is 5.91 Å².